The first-order valence-electron chi connectivity index (χ1n) is 18.8. The Balaban J connectivity index is 1.18. The van der Waals surface area contributed by atoms with Gasteiger partial charge in [-0.3, -0.25) is 0 Å². The molecule has 2 heterocycles. The molecule has 0 atom stereocenters. The van der Waals surface area contributed by atoms with Crippen molar-refractivity contribution >= 4 is 81.1 Å². The molecular formula is C52H34N2S. The number of nitrogens with zero attached hydrogens (tertiary/aromatic N) is 2. The lowest BCUT2D eigenvalue weighted by atomic mass is 9.96. The van der Waals surface area contributed by atoms with Gasteiger partial charge in [-0.05, 0) is 82.1 Å². The topological polar surface area (TPSA) is 8.17 Å². The SMILES string of the molecule is c1ccc(N(c2ccc(-c3cccc4ccccc34)cc2)c2ccccc2-n2c3ccccc3c3ccccc32)c(-c2cccc3sc4ccccc4c23)c1. The van der Waals surface area contributed by atoms with E-state index >= 15 is 0 Å². The zero-order valence-electron chi connectivity index (χ0n) is 29.9. The summed E-state index contributed by atoms with van der Waals surface area (Å²) in [4.78, 5) is 2.47. The normalized spacial score (nSPS) is 11.6. The van der Waals surface area contributed by atoms with Crippen LogP contribution in [0.3, 0.4) is 0 Å². The molecule has 2 nitrogen and oxygen atoms in total. The van der Waals surface area contributed by atoms with Crippen molar-refractivity contribution in [3.8, 4) is 27.9 Å². The van der Waals surface area contributed by atoms with Crippen LogP contribution in [0, 0.1) is 0 Å². The van der Waals surface area contributed by atoms with E-state index in [4.69, 9.17) is 0 Å². The van der Waals surface area contributed by atoms with Crippen LogP contribution in [0.25, 0.3) is 80.7 Å². The maximum atomic E-state index is 2.47. The smallest absolute Gasteiger partial charge is 0.0702 e. The number of fused-ring (bicyclic) bond motifs is 7. The maximum Gasteiger partial charge on any atom is 0.0702 e. The van der Waals surface area contributed by atoms with E-state index in [2.05, 4.69) is 216 Å². The Morgan fingerprint density at radius 1 is 0.364 bits per heavy atom. The number of hydrogen-bond acceptors (Lipinski definition) is 2. The summed E-state index contributed by atoms with van der Waals surface area (Å²) in [5.41, 5.74) is 11.6. The third-order valence-electron chi connectivity index (χ3n) is 11.0. The molecule has 0 saturated carbocycles. The molecule has 2 aromatic heterocycles. The van der Waals surface area contributed by atoms with Gasteiger partial charge in [-0.2, -0.15) is 0 Å². The van der Waals surface area contributed by atoms with E-state index in [0.29, 0.717) is 0 Å². The molecule has 0 aliphatic carbocycles. The minimum Gasteiger partial charge on any atom is -0.308 e. The molecule has 11 aromatic rings. The predicted molar refractivity (Wildman–Crippen MR) is 237 cm³/mol. The van der Waals surface area contributed by atoms with E-state index in [1.807, 2.05) is 11.3 Å². The molecule has 11 rings (SSSR count). The number of para-hydroxylation sites is 5. The third kappa shape index (κ3) is 5.09. The van der Waals surface area contributed by atoms with Crippen LogP contribution in [-0.2, 0) is 0 Å². The molecule has 0 bridgehead atoms. The van der Waals surface area contributed by atoms with Crippen molar-refractivity contribution in [2.75, 3.05) is 4.90 Å². The van der Waals surface area contributed by atoms with Crippen LogP contribution in [0.5, 0.6) is 0 Å². The van der Waals surface area contributed by atoms with Gasteiger partial charge in [0.05, 0.1) is 28.1 Å². The van der Waals surface area contributed by atoms with E-state index < -0.39 is 0 Å². The van der Waals surface area contributed by atoms with Gasteiger partial charge in [-0.25, -0.2) is 0 Å². The number of rotatable bonds is 6. The molecule has 0 radical (unpaired) electrons. The Morgan fingerprint density at radius 3 is 1.71 bits per heavy atom. The van der Waals surface area contributed by atoms with Crippen LogP contribution >= 0.6 is 11.3 Å². The van der Waals surface area contributed by atoms with Crippen molar-refractivity contribution in [1.29, 1.82) is 0 Å². The summed E-state index contributed by atoms with van der Waals surface area (Å²) in [6.07, 6.45) is 0. The van der Waals surface area contributed by atoms with E-state index in [9.17, 15) is 0 Å². The van der Waals surface area contributed by atoms with E-state index in [1.165, 1.54) is 75.0 Å². The Bertz CT molecular complexity index is 3160. The maximum absolute atomic E-state index is 2.47. The van der Waals surface area contributed by atoms with E-state index in [0.717, 1.165) is 22.7 Å². The molecule has 0 aliphatic rings. The van der Waals surface area contributed by atoms with Crippen molar-refractivity contribution in [2.24, 2.45) is 0 Å². The Kier molecular flexibility index (Phi) is 7.39. The first-order chi connectivity index (χ1) is 27.3. The van der Waals surface area contributed by atoms with Crippen LogP contribution in [0.15, 0.2) is 206 Å². The van der Waals surface area contributed by atoms with Crippen molar-refractivity contribution < 1.29 is 0 Å². The van der Waals surface area contributed by atoms with Gasteiger partial charge >= 0.3 is 0 Å². The van der Waals surface area contributed by atoms with Crippen LogP contribution < -0.4 is 4.90 Å². The Morgan fingerprint density at radius 2 is 0.909 bits per heavy atom. The molecule has 9 aromatic carbocycles. The first kappa shape index (κ1) is 31.6. The summed E-state index contributed by atoms with van der Waals surface area (Å²) in [5.74, 6) is 0. The molecule has 0 saturated heterocycles. The van der Waals surface area contributed by atoms with Crippen LogP contribution in [-0.4, -0.2) is 4.57 Å². The van der Waals surface area contributed by atoms with Crippen LogP contribution in [0.2, 0.25) is 0 Å². The van der Waals surface area contributed by atoms with Gasteiger partial charge in [0, 0.05) is 42.2 Å². The predicted octanol–water partition coefficient (Wildman–Crippen LogP) is 15.1. The van der Waals surface area contributed by atoms with Gasteiger partial charge in [0.2, 0.25) is 0 Å². The monoisotopic (exact) mass is 718 g/mol. The fourth-order valence-electron chi connectivity index (χ4n) is 8.60. The molecule has 0 spiro atoms. The van der Waals surface area contributed by atoms with E-state index in [1.54, 1.807) is 0 Å². The molecule has 55 heavy (non-hydrogen) atoms. The second-order valence-electron chi connectivity index (χ2n) is 14.1. The number of benzene rings is 9. The first-order valence-corrected chi connectivity index (χ1v) is 19.6. The highest BCUT2D eigenvalue weighted by atomic mass is 32.1. The molecule has 0 fully saturated rings. The second-order valence-corrected chi connectivity index (χ2v) is 15.1. The lowest BCUT2D eigenvalue weighted by molar-refractivity contribution is 1.15. The third-order valence-corrected chi connectivity index (χ3v) is 12.1. The molecule has 3 heteroatoms. The molecule has 258 valence electrons. The summed E-state index contributed by atoms with van der Waals surface area (Å²) in [7, 11) is 0. The molecule has 0 amide bonds. The summed E-state index contributed by atoms with van der Waals surface area (Å²) in [6, 6.07) is 75.2. The second kappa shape index (κ2) is 12.9. The lowest BCUT2D eigenvalue weighted by Gasteiger charge is -2.30. The molecule has 0 unspecified atom stereocenters. The highest BCUT2D eigenvalue weighted by Gasteiger charge is 2.24. The number of anilines is 3. The zero-order chi connectivity index (χ0) is 36.3. The Hall–Kier alpha value is -6.94. The molecular weight excluding hydrogens is 685 g/mol. The summed E-state index contributed by atoms with van der Waals surface area (Å²) in [5, 5.41) is 7.59. The fraction of sp³-hybridized carbons (Fsp3) is 0. The fourth-order valence-corrected chi connectivity index (χ4v) is 9.73. The van der Waals surface area contributed by atoms with Gasteiger partial charge in [0.25, 0.3) is 0 Å². The van der Waals surface area contributed by atoms with Crippen molar-refractivity contribution in [3.05, 3.63) is 206 Å². The van der Waals surface area contributed by atoms with Crippen LogP contribution in [0.1, 0.15) is 0 Å². The highest BCUT2D eigenvalue weighted by Crippen LogP contribution is 2.48. The van der Waals surface area contributed by atoms with Crippen molar-refractivity contribution in [3.63, 3.8) is 0 Å². The van der Waals surface area contributed by atoms with Crippen LogP contribution in [0.4, 0.5) is 17.1 Å². The van der Waals surface area contributed by atoms with E-state index in [-0.39, 0.29) is 0 Å². The highest BCUT2D eigenvalue weighted by molar-refractivity contribution is 7.25. The summed E-state index contributed by atoms with van der Waals surface area (Å²) < 4.78 is 5.04. The van der Waals surface area contributed by atoms with Gasteiger partial charge < -0.3 is 9.47 Å². The Labute approximate surface area is 323 Å². The quantitative estimate of drug-likeness (QED) is 0.166. The van der Waals surface area contributed by atoms with Gasteiger partial charge in [-0.1, -0.05) is 152 Å². The standard InChI is InChI=1S/C52H34N2S/c1-2-17-38-35(15-1)16-13-22-39(38)36-31-33-37(34-32-36)53(45-24-7-5-20-42(45)43-23-14-30-51-52(43)44-21-6-12-29-50(44)55-51)48-27-10-11-28-49(48)54-46-25-8-3-18-40(46)41-19-4-9-26-47(41)54/h1-34H. The van der Waals surface area contributed by atoms with Gasteiger partial charge in [0.15, 0.2) is 0 Å². The van der Waals surface area contributed by atoms with Crippen molar-refractivity contribution in [1.82, 2.24) is 4.57 Å². The molecule has 0 N–H and O–H groups in total. The van der Waals surface area contributed by atoms with Crippen molar-refractivity contribution in [2.45, 2.75) is 0 Å². The number of aromatic nitrogens is 1. The number of thiophene rings is 1. The van der Waals surface area contributed by atoms with Gasteiger partial charge in [-0.15, -0.1) is 11.3 Å². The summed E-state index contributed by atoms with van der Waals surface area (Å²) >= 11 is 1.86. The average Bonchev–Trinajstić information content (AvgIpc) is 3.80. The zero-order valence-corrected chi connectivity index (χ0v) is 30.7. The largest absolute Gasteiger partial charge is 0.308 e. The molecule has 0 aliphatic heterocycles. The average molecular weight is 719 g/mol. The summed E-state index contributed by atoms with van der Waals surface area (Å²) in [6.45, 7) is 0. The van der Waals surface area contributed by atoms with Gasteiger partial charge in [0.1, 0.15) is 0 Å². The minimum atomic E-state index is 1.09. The lowest BCUT2D eigenvalue weighted by Crippen LogP contribution is -2.14. The number of hydrogen-bond donors (Lipinski definition) is 0. The minimum absolute atomic E-state index is 1.09.